The molecule has 0 saturated carbocycles. The third-order valence-electron chi connectivity index (χ3n) is 2.11. The van der Waals surface area contributed by atoms with E-state index in [4.69, 9.17) is 20.3 Å². The van der Waals surface area contributed by atoms with Crippen molar-refractivity contribution in [2.75, 3.05) is 14.2 Å². The Balaban J connectivity index is 3.39. The van der Waals surface area contributed by atoms with Crippen molar-refractivity contribution in [2.24, 2.45) is 5.73 Å². The molecule has 1 unspecified atom stereocenters. The van der Waals surface area contributed by atoms with Crippen molar-refractivity contribution in [3.63, 3.8) is 0 Å². The SMILES string of the molecule is COc1ccc(F)c(C(N)C(=O)O)c1OC. The summed E-state index contributed by atoms with van der Waals surface area (Å²) in [6.45, 7) is 0. The second-order valence-electron chi connectivity index (χ2n) is 3.01. The summed E-state index contributed by atoms with van der Waals surface area (Å²) in [5.74, 6) is -1.86. The highest BCUT2D eigenvalue weighted by atomic mass is 19.1. The van der Waals surface area contributed by atoms with Gasteiger partial charge in [0.15, 0.2) is 11.5 Å². The number of benzene rings is 1. The van der Waals surface area contributed by atoms with Crippen LogP contribution < -0.4 is 15.2 Å². The van der Waals surface area contributed by atoms with E-state index in [1.165, 1.54) is 20.3 Å². The van der Waals surface area contributed by atoms with Gasteiger partial charge in [-0.3, -0.25) is 4.79 Å². The van der Waals surface area contributed by atoms with Crippen LogP contribution in [0.2, 0.25) is 0 Å². The van der Waals surface area contributed by atoms with E-state index in [-0.39, 0.29) is 17.1 Å². The molecule has 6 heteroatoms. The van der Waals surface area contributed by atoms with Crippen LogP contribution in [-0.4, -0.2) is 25.3 Å². The van der Waals surface area contributed by atoms with Crippen molar-refractivity contribution in [1.29, 1.82) is 0 Å². The van der Waals surface area contributed by atoms with Gasteiger partial charge in [0.1, 0.15) is 11.9 Å². The lowest BCUT2D eigenvalue weighted by molar-refractivity contribution is -0.138. The molecule has 0 heterocycles. The molecule has 1 aromatic rings. The summed E-state index contributed by atoms with van der Waals surface area (Å²) < 4.78 is 23.3. The number of carbonyl (C=O) groups is 1. The minimum absolute atomic E-state index is 0.00241. The van der Waals surface area contributed by atoms with Crippen molar-refractivity contribution < 1.29 is 23.8 Å². The quantitative estimate of drug-likeness (QED) is 0.802. The zero-order valence-corrected chi connectivity index (χ0v) is 8.86. The molecule has 0 bridgehead atoms. The van der Waals surface area contributed by atoms with Crippen LogP contribution in [0.1, 0.15) is 11.6 Å². The van der Waals surface area contributed by atoms with Gasteiger partial charge in [-0.2, -0.15) is 0 Å². The largest absolute Gasteiger partial charge is 0.493 e. The Bertz CT molecular complexity index is 408. The summed E-state index contributed by atoms with van der Waals surface area (Å²) in [7, 11) is 2.65. The first-order valence-electron chi connectivity index (χ1n) is 4.41. The van der Waals surface area contributed by atoms with E-state index in [1.807, 2.05) is 0 Å². The normalized spacial score (nSPS) is 12.0. The highest BCUT2D eigenvalue weighted by Crippen LogP contribution is 2.35. The van der Waals surface area contributed by atoms with Crippen LogP contribution >= 0.6 is 0 Å². The number of aliphatic carboxylic acids is 1. The third-order valence-corrected chi connectivity index (χ3v) is 2.11. The summed E-state index contributed by atoms with van der Waals surface area (Å²) >= 11 is 0. The molecule has 1 aromatic carbocycles. The molecule has 3 N–H and O–H groups in total. The molecule has 0 radical (unpaired) electrons. The topological polar surface area (TPSA) is 81.8 Å². The molecular weight excluding hydrogens is 217 g/mol. The zero-order chi connectivity index (χ0) is 12.3. The number of rotatable bonds is 4. The average Bonchev–Trinajstić information content (AvgIpc) is 2.27. The Hall–Kier alpha value is -1.82. The van der Waals surface area contributed by atoms with E-state index in [1.54, 1.807) is 0 Å². The van der Waals surface area contributed by atoms with Crippen LogP contribution in [0.25, 0.3) is 0 Å². The predicted molar refractivity (Wildman–Crippen MR) is 54.1 cm³/mol. The van der Waals surface area contributed by atoms with Crippen molar-refractivity contribution >= 4 is 5.97 Å². The zero-order valence-electron chi connectivity index (χ0n) is 8.86. The fourth-order valence-electron chi connectivity index (χ4n) is 1.34. The number of hydrogen-bond donors (Lipinski definition) is 2. The second-order valence-corrected chi connectivity index (χ2v) is 3.01. The Kier molecular flexibility index (Phi) is 3.68. The third kappa shape index (κ3) is 2.06. The lowest BCUT2D eigenvalue weighted by Gasteiger charge is -2.15. The highest BCUT2D eigenvalue weighted by Gasteiger charge is 2.25. The molecule has 1 rings (SSSR count). The van der Waals surface area contributed by atoms with Gasteiger partial charge in [0.2, 0.25) is 0 Å². The standard InChI is InChI=1S/C10H12FNO4/c1-15-6-4-3-5(11)7(9(6)16-2)8(12)10(13)14/h3-4,8H,12H2,1-2H3,(H,13,14). The number of carboxylic acids is 1. The molecule has 0 aromatic heterocycles. The predicted octanol–water partition coefficient (Wildman–Crippen LogP) is 0.927. The molecule has 0 saturated heterocycles. The molecule has 0 amide bonds. The van der Waals surface area contributed by atoms with Crippen molar-refractivity contribution in [1.82, 2.24) is 0 Å². The summed E-state index contributed by atoms with van der Waals surface area (Å²) in [5.41, 5.74) is 5.14. The molecule has 0 aliphatic heterocycles. The maximum atomic E-state index is 13.5. The Morgan fingerprint density at radius 3 is 2.50 bits per heavy atom. The van der Waals surface area contributed by atoms with Crippen LogP contribution in [0.3, 0.4) is 0 Å². The molecule has 0 spiro atoms. The van der Waals surface area contributed by atoms with Crippen LogP contribution in [-0.2, 0) is 4.79 Å². The molecule has 88 valence electrons. The van der Waals surface area contributed by atoms with Crippen LogP contribution in [0.15, 0.2) is 12.1 Å². The minimum Gasteiger partial charge on any atom is -0.493 e. The summed E-state index contributed by atoms with van der Waals surface area (Å²) in [6, 6.07) is 0.927. The summed E-state index contributed by atoms with van der Waals surface area (Å²) in [6.07, 6.45) is 0. The van der Waals surface area contributed by atoms with Crippen molar-refractivity contribution in [2.45, 2.75) is 6.04 Å². The maximum absolute atomic E-state index is 13.5. The van der Waals surface area contributed by atoms with Crippen LogP contribution in [0, 0.1) is 5.82 Å². The smallest absolute Gasteiger partial charge is 0.325 e. The van der Waals surface area contributed by atoms with Gasteiger partial charge in [-0.05, 0) is 12.1 Å². The number of ether oxygens (including phenoxy) is 2. The first kappa shape index (κ1) is 12.3. The van der Waals surface area contributed by atoms with E-state index >= 15 is 0 Å². The van der Waals surface area contributed by atoms with Gasteiger partial charge in [0, 0.05) is 0 Å². The van der Waals surface area contributed by atoms with Gasteiger partial charge in [-0.1, -0.05) is 0 Å². The van der Waals surface area contributed by atoms with Crippen LogP contribution in [0.5, 0.6) is 11.5 Å². The molecule has 5 nitrogen and oxygen atoms in total. The summed E-state index contributed by atoms with van der Waals surface area (Å²) in [4.78, 5) is 10.7. The Morgan fingerprint density at radius 2 is 2.06 bits per heavy atom. The van der Waals surface area contributed by atoms with E-state index < -0.39 is 17.8 Å². The van der Waals surface area contributed by atoms with Gasteiger partial charge >= 0.3 is 5.97 Å². The monoisotopic (exact) mass is 229 g/mol. The molecule has 1 atom stereocenters. The molecule has 0 aliphatic carbocycles. The van der Waals surface area contributed by atoms with Crippen molar-refractivity contribution in [3.8, 4) is 11.5 Å². The van der Waals surface area contributed by atoms with E-state index in [9.17, 15) is 9.18 Å². The van der Waals surface area contributed by atoms with Gasteiger partial charge in [-0.25, -0.2) is 4.39 Å². The first-order valence-corrected chi connectivity index (χ1v) is 4.41. The van der Waals surface area contributed by atoms with E-state index in [2.05, 4.69) is 0 Å². The molecular formula is C10H12FNO4. The fourth-order valence-corrected chi connectivity index (χ4v) is 1.34. The second kappa shape index (κ2) is 4.80. The van der Waals surface area contributed by atoms with Gasteiger partial charge < -0.3 is 20.3 Å². The maximum Gasteiger partial charge on any atom is 0.325 e. The first-order chi connectivity index (χ1) is 7.52. The highest BCUT2D eigenvalue weighted by molar-refractivity contribution is 5.77. The number of hydrogen-bond acceptors (Lipinski definition) is 4. The lowest BCUT2D eigenvalue weighted by atomic mass is 10.1. The number of carboxylic acid groups (broad SMARTS) is 1. The minimum atomic E-state index is -1.50. The van der Waals surface area contributed by atoms with Crippen molar-refractivity contribution in [3.05, 3.63) is 23.5 Å². The van der Waals surface area contributed by atoms with Gasteiger partial charge in [0.25, 0.3) is 0 Å². The molecule has 16 heavy (non-hydrogen) atoms. The Morgan fingerprint density at radius 1 is 1.44 bits per heavy atom. The van der Waals surface area contributed by atoms with Gasteiger partial charge in [-0.15, -0.1) is 0 Å². The average molecular weight is 229 g/mol. The number of nitrogens with two attached hydrogens (primary N) is 1. The van der Waals surface area contributed by atoms with E-state index in [0.29, 0.717) is 0 Å². The van der Waals surface area contributed by atoms with E-state index in [0.717, 1.165) is 6.07 Å². The lowest BCUT2D eigenvalue weighted by Crippen LogP contribution is -2.22. The van der Waals surface area contributed by atoms with Gasteiger partial charge in [0.05, 0.1) is 19.8 Å². The fraction of sp³-hybridized carbons (Fsp3) is 0.300. The Labute approximate surface area is 91.6 Å². The summed E-state index contributed by atoms with van der Waals surface area (Å²) in [5, 5.41) is 8.76. The van der Waals surface area contributed by atoms with Crippen LogP contribution in [0.4, 0.5) is 4.39 Å². The number of halogens is 1. The number of methoxy groups -OCH3 is 2. The molecule has 0 aliphatic rings. The molecule has 0 fully saturated rings.